The van der Waals surface area contributed by atoms with E-state index in [0.717, 1.165) is 0 Å². The number of hydrogen-bond acceptors (Lipinski definition) is 4. The summed E-state index contributed by atoms with van der Waals surface area (Å²) in [5.41, 5.74) is 0. The Balaban J connectivity index is 2.48. The van der Waals surface area contributed by atoms with E-state index >= 15 is 0 Å². The number of amides is 1. The van der Waals surface area contributed by atoms with Crippen LogP contribution in [0.5, 0.6) is 0 Å². The van der Waals surface area contributed by atoms with Gasteiger partial charge in [0.1, 0.15) is 0 Å². The van der Waals surface area contributed by atoms with Gasteiger partial charge in [0, 0.05) is 17.7 Å². The van der Waals surface area contributed by atoms with Gasteiger partial charge in [0.05, 0.1) is 16.9 Å². The molecule has 1 heterocycles. The highest BCUT2D eigenvalue weighted by atomic mass is 32.2. The summed E-state index contributed by atoms with van der Waals surface area (Å²) in [6.45, 7) is 0. The second kappa shape index (κ2) is 3.51. The van der Waals surface area contributed by atoms with E-state index in [0.29, 0.717) is 11.2 Å². The van der Waals surface area contributed by atoms with Crippen LogP contribution >= 0.6 is 0 Å². The van der Waals surface area contributed by atoms with Gasteiger partial charge in [-0.1, -0.05) is 0 Å². The highest BCUT2D eigenvalue weighted by Crippen LogP contribution is 2.16. The molecule has 1 unspecified atom stereocenters. The molecule has 1 amide bonds. The maximum atomic E-state index is 10.9. The smallest absolute Gasteiger partial charge is 0.286 e. The minimum Gasteiger partial charge on any atom is -0.286 e. The number of rotatable bonds is 3. The van der Waals surface area contributed by atoms with E-state index in [1.165, 1.54) is 0 Å². The van der Waals surface area contributed by atoms with E-state index in [9.17, 15) is 18.1 Å². The van der Waals surface area contributed by atoms with Crippen molar-refractivity contribution in [2.45, 2.75) is 25.3 Å². The number of carbonyl (C=O) groups is 1. The first kappa shape index (κ1) is 10.3. The van der Waals surface area contributed by atoms with Gasteiger partial charge in [-0.05, 0) is 0 Å². The molecule has 1 N–H and O–H groups in total. The second-order valence-corrected chi connectivity index (χ2v) is 4.56. The first-order valence-corrected chi connectivity index (χ1v) is 5.45. The van der Waals surface area contributed by atoms with Crippen molar-refractivity contribution in [3.8, 4) is 0 Å². The predicted molar refractivity (Wildman–Crippen MR) is 42.7 cm³/mol. The minimum atomic E-state index is -4.03. The number of nitroso groups, excluding NO2 is 1. The summed E-state index contributed by atoms with van der Waals surface area (Å²) < 4.78 is 29.3. The third-order valence-corrected chi connectivity index (χ3v) is 2.73. The topological polar surface area (TPSA) is 91.5 Å². The molecule has 0 spiro atoms. The Kier molecular flexibility index (Phi) is 2.77. The van der Waals surface area contributed by atoms with Crippen LogP contribution in [0.4, 0.5) is 0 Å². The van der Waals surface area contributed by atoms with Crippen LogP contribution in [-0.2, 0) is 14.9 Å². The molecule has 0 aromatic heterocycles. The summed E-state index contributed by atoms with van der Waals surface area (Å²) >= 11 is 0. The molecule has 13 heavy (non-hydrogen) atoms. The number of hydrogen-bond donors (Lipinski definition) is 1. The summed E-state index contributed by atoms with van der Waals surface area (Å²) in [7, 11) is -4.03. The zero-order valence-corrected chi connectivity index (χ0v) is 7.66. The van der Waals surface area contributed by atoms with Gasteiger partial charge in [0.15, 0.2) is 0 Å². The van der Waals surface area contributed by atoms with E-state index in [1.807, 2.05) is 0 Å². The fourth-order valence-electron chi connectivity index (χ4n) is 1.27. The number of nitrogens with zero attached hydrogens (tertiary/aromatic N) is 1. The van der Waals surface area contributed by atoms with Gasteiger partial charge in [-0.15, -0.1) is 0 Å². The summed E-state index contributed by atoms with van der Waals surface area (Å²) in [5.74, 6) is -0.982. The molecule has 6 nitrogen and oxygen atoms in total. The lowest BCUT2D eigenvalue weighted by Crippen LogP contribution is -2.22. The van der Waals surface area contributed by atoms with E-state index < -0.39 is 27.8 Å². The van der Waals surface area contributed by atoms with Crippen molar-refractivity contribution in [3.05, 3.63) is 4.91 Å². The summed E-state index contributed by atoms with van der Waals surface area (Å²) in [5, 5.41) is 0. The standard InChI is InChI=1S/C6H9NO5S/c8-6-2-1-5(7(6)9)3-4-13(10,11)12/h5H,1-4H2/p+1. The maximum absolute atomic E-state index is 10.9. The predicted octanol–water partition coefficient (Wildman–Crippen LogP) is -0.268. The summed E-state index contributed by atoms with van der Waals surface area (Å²) in [6, 6.07) is -0.588. The van der Waals surface area contributed by atoms with Gasteiger partial charge >= 0.3 is 5.91 Å². The molecule has 1 fully saturated rings. The molecule has 7 heteroatoms. The molecule has 1 aliphatic heterocycles. The van der Waals surface area contributed by atoms with Crippen molar-refractivity contribution in [2.75, 3.05) is 5.75 Å². The Hall–Kier alpha value is -0.820. The molecule has 0 radical (unpaired) electrons. The fraction of sp³-hybridized carbons (Fsp3) is 0.833. The van der Waals surface area contributed by atoms with Crippen LogP contribution in [-0.4, -0.2) is 35.4 Å². The average molecular weight is 208 g/mol. The van der Waals surface area contributed by atoms with Crippen molar-refractivity contribution in [1.82, 2.24) is 0 Å². The first-order chi connectivity index (χ1) is 5.90. The monoisotopic (exact) mass is 208 g/mol. The minimum absolute atomic E-state index is 0.00801. The lowest BCUT2D eigenvalue weighted by Gasteiger charge is -1.97. The summed E-state index contributed by atoms with van der Waals surface area (Å²) in [6.07, 6.45) is 0.547. The van der Waals surface area contributed by atoms with Gasteiger partial charge in [-0.3, -0.25) is 4.55 Å². The normalized spacial score (nSPS) is 23.9. The van der Waals surface area contributed by atoms with Crippen LogP contribution in [0, 0.1) is 4.91 Å². The maximum Gasteiger partial charge on any atom is 0.433 e. The lowest BCUT2D eigenvalue weighted by atomic mass is 10.2. The Morgan fingerprint density at radius 3 is 2.54 bits per heavy atom. The van der Waals surface area contributed by atoms with Crippen LogP contribution in [0.3, 0.4) is 0 Å². The van der Waals surface area contributed by atoms with E-state index in [2.05, 4.69) is 0 Å². The van der Waals surface area contributed by atoms with Crippen LogP contribution in [0.25, 0.3) is 0 Å². The molecule has 1 aliphatic rings. The summed E-state index contributed by atoms with van der Waals surface area (Å²) in [4.78, 5) is 21.6. The molecule has 1 rings (SSSR count). The third kappa shape index (κ3) is 2.85. The van der Waals surface area contributed by atoms with Gasteiger partial charge < -0.3 is 0 Å². The van der Waals surface area contributed by atoms with Gasteiger partial charge in [-0.25, -0.2) is 4.79 Å². The highest BCUT2D eigenvalue weighted by Gasteiger charge is 2.41. The zero-order chi connectivity index (χ0) is 10.1. The second-order valence-electron chi connectivity index (χ2n) is 2.99. The quantitative estimate of drug-likeness (QED) is 0.509. The Morgan fingerprint density at radius 1 is 1.54 bits per heavy atom. The average Bonchev–Trinajstić information content (AvgIpc) is 2.29. The van der Waals surface area contributed by atoms with Crippen molar-refractivity contribution in [3.63, 3.8) is 0 Å². The van der Waals surface area contributed by atoms with Crippen molar-refractivity contribution in [2.24, 2.45) is 0 Å². The van der Waals surface area contributed by atoms with E-state index in [4.69, 9.17) is 4.55 Å². The molecular weight excluding hydrogens is 198 g/mol. The van der Waals surface area contributed by atoms with Crippen molar-refractivity contribution >= 4 is 16.0 Å². The molecular formula is C6H10NO5S+. The van der Waals surface area contributed by atoms with Gasteiger partial charge in [-0.2, -0.15) is 8.42 Å². The largest absolute Gasteiger partial charge is 0.433 e. The fourth-order valence-corrected chi connectivity index (χ4v) is 1.84. The Bertz CT molecular complexity index is 333. The zero-order valence-electron chi connectivity index (χ0n) is 6.84. The molecule has 74 valence electrons. The Morgan fingerprint density at radius 2 is 2.15 bits per heavy atom. The first-order valence-electron chi connectivity index (χ1n) is 3.84. The molecule has 1 atom stereocenters. The molecule has 1 saturated heterocycles. The SMILES string of the molecule is O=C1CCC(CCS(=O)(=O)O)[N+]1=O. The third-order valence-electron chi connectivity index (χ3n) is 1.98. The number of carbonyl (C=O) groups excluding carboxylic acids is 1. The highest BCUT2D eigenvalue weighted by molar-refractivity contribution is 7.85. The lowest BCUT2D eigenvalue weighted by molar-refractivity contribution is -0.492. The molecule has 0 saturated carbocycles. The van der Waals surface area contributed by atoms with E-state index in [1.54, 1.807) is 0 Å². The molecule has 0 aromatic rings. The molecule has 0 bridgehead atoms. The van der Waals surface area contributed by atoms with Crippen LogP contribution < -0.4 is 0 Å². The van der Waals surface area contributed by atoms with Crippen molar-refractivity contribution in [1.29, 1.82) is 0 Å². The van der Waals surface area contributed by atoms with E-state index in [-0.39, 0.29) is 12.8 Å². The Labute approximate surface area is 75.3 Å². The van der Waals surface area contributed by atoms with Crippen LogP contribution in [0.2, 0.25) is 0 Å². The van der Waals surface area contributed by atoms with Gasteiger partial charge in [0.2, 0.25) is 6.04 Å². The van der Waals surface area contributed by atoms with Crippen LogP contribution in [0.15, 0.2) is 0 Å². The molecule has 0 aliphatic carbocycles. The van der Waals surface area contributed by atoms with Gasteiger partial charge in [0.25, 0.3) is 10.1 Å². The molecule has 0 aromatic carbocycles. The van der Waals surface area contributed by atoms with Crippen molar-refractivity contribution < 1.29 is 22.5 Å². The van der Waals surface area contributed by atoms with Crippen LogP contribution in [0.1, 0.15) is 19.3 Å².